The van der Waals surface area contributed by atoms with Crippen molar-refractivity contribution in [1.29, 1.82) is 0 Å². The van der Waals surface area contributed by atoms with Gasteiger partial charge in [-0.2, -0.15) is 0 Å². The van der Waals surface area contributed by atoms with Gasteiger partial charge in [-0.3, -0.25) is 0 Å². The zero-order valence-corrected chi connectivity index (χ0v) is 9.25. The van der Waals surface area contributed by atoms with E-state index in [4.69, 9.17) is 5.73 Å². The smallest absolute Gasteiger partial charge is 0.337 e. The van der Waals surface area contributed by atoms with Crippen LogP contribution >= 0.6 is 0 Å². The van der Waals surface area contributed by atoms with Gasteiger partial charge >= 0.3 is 5.97 Å². The maximum Gasteiger partial charge on any atom is 0.337 e. The number of ether oxygens (including phenoxy) is 1. The summed E-state index contributed by atoms with van der Waals surface area (Å²) in [5.41, 5.74) is 7.58. The Balaban J connectivity index is 2.32. The molecule has 0 aliphatic rings. The first-order valence-electron chi connectivity index (χ1n) is 4.98. The standard InChI is InChI=1S/C12H11N3O2/c1-17-11(16)9-4-2-8(3-5-9)10-6-7-14-12(13)15-10/h2-7H,1H3,(H2,13,14,15). The first-order chi connectivity index (χ1) is 8.20. The number of nitrogen functional groups attached to an aromatic ring is 1. The Morgan fingerprint density at radius 1 is 1.24 bits per heavy atom. The molecular formula is C12H11N3O2. The average Bonchev–Trinajstić information content (AvgIpc) is 2.38. The first-order valence-corrected chi connectivity index (χ1v) is 4.98. The number of nitrogens with two attached hydrogens (primary N) is 1. The van der Waals surface area contributed by atoms with Crippen LogP contribution in [0.1, 0.15) is 10.4 Å². The molecule has 0 saturated carbocycles. The zero-order valence-electron chi connectivity index (χ0n) is 9.25. The summed E-state index contributed by atoms with van der Waals surface area (Å²) in [7, 11) is 1.35. The van der Waals surface area contributed by atoms with Gasteiger partial charge in [0.15, 0.2) is 0 Å². The lowest BCUT2D eigenvalue weighted by Crippen LogP contribution is -2.00. The molecule has 5 nitrogen and oxygen atoms in total. The molecule has 1 aromatic carbocycles. The SMILES string of the molecule is COC(=O)c1ccc(-c2ccnc(N)n2)cc1. The van der Waals surface area contributed by atoms with Crippen molar-refractivity contribution in [3.63, 3.8) is 0 Å². The summed E-state index contributed by atoms with van der Waals surface area (Å²) >= 11 is 0. The Kier molecular flexibility index (Phi) is 3.00. The van der Waals surface area contributed by atoms with E-state index < -0.39 is 0 Å². The Labute approximate surface area is 98.3 Å². The van der Waals surface area contributed by atoms with E-state index in [-0.39, 0.29) is 11.9 Å². The number of benzene rings is 1. The zero-order chi connectivity index (χ0) is 12.3. The van der Waals surface area contributed by atoms with Crippen LogP contribution in [0.25, 0.3) is 11.3 Å². The topological polar surface area (TPSA) is 78.1 Å². The summed E-state index contributed by atoms with van der Waals surface area (Å²) in [6.07, 6.45) is 1.59. The summed E-state index contributed by atoms with van der Waals surface area (Å²) in [4.78, 5) is 19.2. The third kappa shape index (κ3) is 2.39. The number of carbonyl (C=O) groups is 1. The first kappa shape index (κ1) is 11.1. The molecular weight excluding hydrogens is 218 g/mol. The Morgan fingerprint density at radius 3 is 2.53 bits per heavy atom. The van der Waals surface area contributed by atoms with Crippen LogP contribution in [0.3, 0.4) is 0 Å². The van der Waals surface area contributed by atoms with Gasteiger partial charge in [0.2, 0.25) is 5.95 Å². The van der Waals surface area contributed by atoms with Crippen LogP contribution in [0.4, 0.5) is 5.95 Å². The Hall–Kier alpha value is -2.43. The molecule has 17 heavy (non-hydrogen) atoms. The van der Waals surface area contributed by atoms with Gasteiger partial charge in [0.25, 0.3) is 0 Å². The van der Waals surface area contributed by atoms with Gasteiger partial charge in [-0.15, -0.1) is 0 Å². The molecule has 1 aromatic heterocycles. The second-order valence-electron chi connectivity index (χ2n) is 3.37. The van der Waals surface area contributed by atoms with Crippen molar-refractivity contribution in [3.05, 3.63) is 42.1 Å². The highest BCUT2D eigenvalue weighted by atomic mass is 16.5. The molecule has 0 fully saturated rings. The number of aromatic nitrogens is 2. The molecule has 0 saturated heterocycles. The summed E-state index contributed by atoms with van der Waals surface area (Å²) < 4.78 is 4.62. The highest BCUT2D eigenvalue weighted by Gasteiger charge is 2.05. The maximum absolute atomic E-state index is 11.2. The van der Waals surface area contributed by atoms with Crippen LogP contribution < -0.4 is 5.73 Å². The van der Waals surface area contributed by atoms with Crippen molar-refractivity contribution in [2.75, 3.05) is 12.8 Å². The summed E-state index contributed by atoms with van der Waals surface area (Å²) in [5, 5.41) is 0. The molecule has 0 aliphatic carbocycles. The normalized spacial score (nSPS) is 9.94. The molecule has 0 aliphatic heterocycles. The van der Waals surface area contributed by atoms with Gasteiger partial charge in [-0.05, 0) is 18.2 Å². The van der Waals surface area contributed by atoms with Crippen LogP contribution in [0.5, 0.6) is 0 Å². The minimum atomic E-state index is -0.362. The molecule has 0 spiro atoms. The number of hydrogen-bond donors (Lipinski definition) is 1. The molecule has 86 valence electrons. The molecule has 2 aromatic rings. The van der Waals surface area contributed by atoms with Crippen molar-refractivity contribution < 1.29 is 9.53 Å². The van der Waals surface area contributed by atoms with Gasteiger partial charge in [0, 0.05) is 11.8 Å². The van der Waals surface area contributed by atoms with Crippen LogP contribution in [0.15, 0.2) is 36.5 Å². The maximum atomic E-state index is 11.2. The number of methoxy groups -OCH3 is 1. The fourth-order valence-corrected chi connectivity index (χ4v) is 1.43. The lowest BCUT2D eigenvalue weighted by atomic mass is 10.1. The Morgan fingerprint density at radius 2 is 1.94 bits per heavy atom. The van der Waals surface area contributed by atoms with Crippen molar-refractivity contribution >= 4 is 11.9 Å². The van der Waals surface area contributed by atoms with E-state index >= 15 is 0 Å². The molecule has 0 bridgehead atoms. The van der Waals surface area contributed by atoms with Crippen molar-refractivity contribution in [1.82, 2.24) is 9.97 Å². The number of esters is 1. The molecule has 0 atom stereocenters. The highest BCUT2D eigenvalue weighted by Crippen LogP contribution is 2.17. The van der Waals surface area contributed by atoms with E-state index in [1.54, 1.807) is 36.5 Å². The van der Waals surface area contributed by atoms with E-state index in [0.717, 1.165) is 5.56 Å². The number of rotatable bonds is 2. The molecule has 0 amide bonds. The predicted octanol–water partition coefficient (Wildman–Crippen LogP) is 1.51. The number of anilines is 1. The van der Waals surface area contributed by atoms with Crippen LogP contribution in [0.2, 0.25) is 0 Å². The lowest BCUT2D eigenvalue weighted by molar-refractivity contribution is 0.0601. The molecule has 0 radical (unpaired) electrons. The van der Waals surface area contributed by atoms with E-state index in [9.17, 15) is 4.79 Å². The highest BCUT2D eigenvalue weighted by molar-refractivity contribution is 5.89. The molecule has 1 heterocycles. The van der Waals surface area contributed by atoms with E-state index in [2.05, 4.69) is 14.7 Å². The second-order valence-corrected chi connectivity index (χ2v) is 3.37. The summed E-state index contributed by atoms with van der Waals surface area (Å²) in [6, 6.07) is 8.69. The number of hydrogen-bond acceptors (Lipinski definition) is 5. The third-order valence-electron chi connectivity index (χ3n) is 2.28. The van der Waals surface area contributed by atoms with Crippen molar-refractivity contribution in [3.8, 4) is 11.3 Å². The van der Waals surface area contributed by atoms with Crippen LogP contribution in [-0.4, -0.2) is 23.0 Å². The van der Waals surface area contributed by atoms with Gasteiger partial charge < -0.3 is 10.5 Å². The van der Waals surface area contributed by atoms with E-state index in [0.29, 0.717) is 11.3 Å². The molecule has 2 N–H and O–H groups in total. The van der Waals surface area contributed by atoms with Crippen molar-refractivity contribution in [2.45, 2.75) is 0 Å². The van der Waals surface area contributed by atoms with Gasteiger partial charge in [0.1, 0.15) is 0 Å². The fourth-order valence-electron chi connectivity index (χ4n) is 1.43. The van der Waals surface area contributed by atoms with E-state index in [1.807, 2.05) is 0 Å². The quantitative estimate of drug-likeness (QED) is 0.790. The largest absolute Gasteiger partial charge is 0.465 e. The third-order valence-corrected chi connectivity index (χ3v) is 2.28. The van der Waals surface area contributed by atoms with Gasteiger partial charge in [-0.1, -0.05) is 12.1 Å². The Bertz CT molecular complexity index is 538. The summed E-state index contributed by atoms with van der Waals surface area (Å²) in [6.45, 7) is 0. The summed E-state index contributed by atoms with van der Waals surface area (Å²) in [5.74, 6) is -0.140. The van der Waals surface area contributed by atoms with E-state index in [1.165, 1.54) is 7.11 Å². The van der Waals surface area contributed by atoms with Gasteiger partial charge in [0.05, 0.1) is 18.4 Å². The predicted molar refractivity (Wildman–Crippen MR) is 63.2 cm³/mol. The fraction of sp³-hybridized carbons (Fsp3) is 0.0833. The van der Waals surface area contributed by atoms with Gasteiger partial charge in [-0.25, -0.2) is 14.8 Å². The lowest BCUT2D eigenvalue weighted by Gasteiger charge is -2.03. The average molecular weight is 229 g/mol. The van der Waals surface area contributed by atoms with Crippen LogP contribution in [0, 0.1) is 0 Å². The monoisotopic (exact) mass is 229 g/mol. The minimum absolute atomic E-state index is 0.222. The van der Waals surface area contributed by atoms with Crippen molar-refractivity contribution in [2.24, 2.45) is 0 Å². The number of nitrogens with zero attached hydrogens (tertiary/aromatic N) is 2. The van der Waals surface area contributed by atoms with Crippen LogP contribution in [-0.2, 0) is 4.74 Å². The molecule has 2 rings (SSSR count). The minimum Gasteiger partial charge on any atom is -0.465 e. The molecule has 0 unspecified atom stereocenters. The second kappa shape index (κ2) is 4.61. The number of carbonyl (C=O) groups excluding carboxylic acids is 1. The molecule has 5 heteroatoms.